The minimum absolute atomic E-state index is 0.0657. The van der Waals surface area contributed by atoms with E-state index in [2.05, 4.69) is 61.7 Å². The molecule has 1 aromatic carbocycles. The highest BCUT2D eigenvalue weighted by atomic mass is 19.1. The maximum atomic E-state index is 14.6. The van der Waals surface area contributed by atoms with Crippen LogP contribution in [0.2, 0.25) is 0 Å². The van der Waals surface area contributed by atoms with Crippen LogP contribution in [-0.2, 0) is 13.0 Å². The number of likely N-dealkylation sites (N-methyl/N-ethyl adjacent to an activating group) is 1. The molecule has 2 heterocycles. The fourth-order valence-corrected chi connectivity index (χ4v) is 4.25. The van der Waals surface area contributed by atoms with Crippen LogP contribution < -0.4 is 0 Å². The number of nitrogens with zero attached hydrogens (tertiary/aromatic N) is 2. The number of halogens is 1. The van der Waals surface area contributed by atoms with Crippen LogP contribution in [0.15, 0.2) is 36.2 Å². The Kier molecular flexibility index (Phi) is 3.65. The molecule has 0 radical (unpaired) electrons. The van der Waals surface area contributed by atoms with Gasteiger partial charge >= 0.3 is 0 Å². The van der Waals surface area contributed by atoms with Gasteiger partial charge in [-0.25, -0.2) is 4.39 Å². The van der Waals surface area contributed by atoms with Crippen LogP contribution in [0.25, 0.3) is 16.5 Å². The van der Waals surface area contributed by atoms with E-state index in [0.29, 0.717) is 12.0 Å². The van der Waals surface area contributed by atoms with E-state index >= 15 is 0 Å². The molecule has 24 heavy (non-hydrogen) atoms. The Labute approximate surface area is 143 Å². The molecule has 0 saturated carbocycles. The van der Waals surface area contributed by atoms with Gasteiger partial charge in [0.25, 0.3) is 0 Å². The molecular formula is C21H25FN2. The lowest BCUT2D eigenvalue weighted by Gasteiger charge is -2.30. The van der Waals surface area contributed by atoms with Crippen LogP contribution in [0.4, 0.5) is 4.39 Å². The monoisotopic (exact) mass is 324 g/mol. The van der Waals surface area contributed by atoms with E-state index in [-0.39, 0.29) is 5.83 Å². The first kappa shape index (κ1) is 15.6. The molecule has 0 fully saturated rings. The lowest BCUT2D eigenvalue weighted by atomic mass is 9.90. The number of allylic oxidation sites excluding steroid dienone is 4. The topological polar surface area (TPSA) is 8.17 Å². The highest BCUT2D eigenvalue weighted by Gasteiger charge is 2.28. The van der Waals surface area contributed by atoms with Gasteiger partial charge in [-0.15, -0.1) is 0 Å². The Balaban J connectivity index is 1.96. The summed E-state index contributed by atoms with van der Waals surface area (Å²) in [6.45, 7) is 5.27. The maximum absolute atomic E-state index is 14.6. The first-order valence-corrected chi connectivity index (χ1v) is 8.82. The molecule has 3 heteroatoms. The van der Waals surface area contributed by atoms with Gasteiger partial charge in [0.2, 0.25) is 0 Å². The van der Waals surface area contributed by atoms with E-state index in [1.807, 2.05) is 0 Å². The molecule has 0 amide bonds. The van der Waals surface area contributed by atoms with Gasteiger partial charge < -0.3 is 9.47 Å². The van der Waals surface area contributed by atoms with Crippen LogP contribution in [-0.4, -0.2) is 29.6 Å². The molecule has 2 aromatic rings. The third-order valence-corrected chi connectivity index (χ3v) is 5.65. The van der Waals surface area contributed by atoms with Gasteiger partial charge in [0.05, 0.1) is 5.52 Å². The van der Waals surface area contributed by atoms with Crippen molar-refractivity contribution in [2.75, 3.05) is 14.1 Å². The summed E-state index contributed by atoms with van der Waals surface area (Å²) >= 11 is 0. The highest BCUT2D eigenvalue weighted by Crippen LogP contribution is 2.41. The van der Waals surface area contributed by atoms with Crippen molar-refractivity contribution in [3.05, 3.63) is 53.0 Å². The Hall–Kier alpha value is -1.87. The molecule has 2 nitrogen and oxygen atoms in total. The fraction of sp³-hybridized carbons (Fsp3) is 0.429. The Morgan fingerprint density at radius 2 is 2.04 bits per heavy atom. The van der Waals surface area contributed by atoms with Crippen molar-refractivity contribution in [2.45, 2.75) is 39.3 Å². The van der Waals surface area contributed by atoms with E-state index in [4.69, 9.17) is 0 Å². The first-order valence-electron chi connectivity index (χ1n) is 8.82. The Morgan fingerprint density at radius 3 is 2.79 bits per heavy atom. The van der Waals surface area contributed by atoms with Crippen LogP contribution in [0.1, 0.15) is 30.2 Å². The van der Waals surface area contributed by atoms with E-state index in [0.717, 1.165) is 30.5 Å². The van der Waals surface area contributed by atoms with Crippen LogP contribution in [0.5, 0.6) is 0 Å². The van der Waals surface area contributed by atoms with Crippen molar-refractivity contribution < 1.29 is 4.39 Å². The zero-order chi connectivity index (χ0) is 17.0. The Morgan fingerprint density at radius 1 is 1.25 bits per heavy atom. The molecule has 4 rings (SSSR count). The molecule has 1 aromatic heterocycles. The van der Waals surface area contributed by atoms with Gasteiger partial charge in [-0.05, 0) is 51.4 Å². The molecule has 2 aliphatic rings. The van der Waals surface area contributed by atoms with Gasteiger partial charge in [-0.3, -0.25) is 0 Å². The second kappa shape index (κ2) is 5.59. The van der Waals surface area contributed by atoms with Crippen molar-refractivity contribution in [3.63, 3.8) is 0 Å². The number of para-hydroxylation sites is 1. The van der Waals surface area contributed by atoms with Crippen LogP contribution in [0.3, 0.4) is 0 Å². The van der Waals surface area contributed by atoms with Crippen LogP contribution >= 0.6 is 0 Å². The second-order valence-corrected chi connectivity index (χ2v) is 7.55. The molecular weight excluding hydrogens is 299 g/mol. The van der Waals surface area contributed by atoms with Gasteiger partial charge in [-0.2, -0.15) is 0 Å². The standard InChI is InChI=1S/C21H25FN2/c1-13-8-9-19(22)18(10-13)20-14(2)24-12-16(23(3)4)11-15-6-5-7-17(20)21(15)24/h5-7,9-10,13,16H,8,11-12H2,1-4H3/t13?,16-/m0/s1. The number of benzene rings is 1. The largest absolute Gasteiger partial charge is 0.342 e. The Bertz CT molecular complexity index is 870. The van der Waals surface area contributed by atoms with Gasteiger partial charge in [0.15, 0.2) is 0 Å². The second-order valence-electron chi connectivity index (χ2n) is 7.55. The number of rotatable bonds is 2. The molecule has 0 N–H and O–H groups in total. The zero-order valence-electron chi connectivity index (χ0n) is 14.9. The van der Waals surface area contributed by atoms with Crippen molar-refractivity contribution in [1.82, 2.24) is 9.47 Å². The van der Waals surface area contributed by atoms with E-state index < -0.39 is 0 Å². The van der Waals surface area contributed by atoms with E-state index in [9.17, 15) is 4.39 Å². The normalized spacial score (nSPS) is 23.6. The number of hydrogen-bond donors (Lipinski definition) is 0. The molecule has 1 aliphatic heterocycles. The minimum Gasteiger partial charge on any atom is -0.342 e. The summed E-state index contributed by atoms with van der Waals surface area (Å²) < 4.78 is 17.0. The predicted molar refractivity (Wildman–Crippen MR) is 98.8 cm³/mol. The minimum atomic E-state index is -0.0657. The third-order valence-electron chi connectivity index (χ3n) is 5.65. The molecule has 1 unspecified atom stereocenters. The molecule has 126 valence electrons. The molecule has 0 saturated heterocycles. The average Bonchev–Trinajstić information content (AvgIpc) is 2.84. The summed E-state index contributed by atoms with van der Waals surface area (Å²) in [5, 5.41) is 1.20. The maximum Gasteiger partial charge on any atom is 0.126 e. The van der Waals surface area contributed by atoms with Crippen molar-refractivity contribution in [3.8, 4) is 0 Å². The fourth-order valence-electron chi connectivity index (χ4n) is 4.25. The van der Waals surface area contributed by atoms with Crippen molar-refractivity contribution in [2.24, 2.45) is 5.92 Å². The van der Waals surface area contributed by atoms with Gasteiger partial charge in [0, 0.05) is 34.8 Å². The highest BCUT2D eigenvalue weighted by molar-refractivity contribution is 6.00. The third kappa shape index (κ3) is 2.26. The van der Waals surface area contributed by atoms with Crippen LogP contribution in [0, 0.1) is 12.8 Å². The summed E-state index contributed by atoms with van der Waals surface area (Å²) in [5.41, 5.74) is 5.74. The summed E-state index contributed by atoms with van der Waals surface area (Å²) in [7, 11) is 4.28. The zero-order valence-corrected chi connectivity index (χ0v) is 14.9. The number of aromatic nitrogens is 1. The first-order chi connectivity index (χ1) is 11.5. The van der Waals surface area contributed by atoms with Gasteiger partial charge in [0.1, 0.15) is 5.83 Å². The summed E-state index contributed by atoms with van der Waals surface area (Å²) in [5.74, 6) is 0.323. The molecule has 2 atom stereocenters. The summed E-state index contributed by atoms with van der Waals surface area (Å²) in [4.78, 5) is 2.29. The van der Waals surface area contributed by atoms with Gasteiger partial charge in [-0.1, -0.05) is 31.2 Å². The lowest BCUT2D eigenvalue weighted by molar-refractivity contribution is 0.257. The molecule has 0 bridgehead atoms. The van der Waals surface area contributed by atoms with E-state index in [1.165, 1.54) is 22.2 Å². The van der Waals surface area contributed by atoms with E-state index in [1.54, 1.807) is 6.08 Å². The number of hydrogen-bond acceptors (Lipinski definition) is 1. The van der Waals surface area contributed by atoms with Crippen molar-refractivity contribution in [1.29, 1.82) is 0 Å². The van der Waals surface area contributed by atoms with Crippen molar-refractivity contribution >= 4 is 16.5 Å². The quantitative estimate of drug-likeness (QED) is 0.776. The summed E-state index contributed by atoms with van der Waals surface area (Å²) in [6.07, 6.45) is 5.70. The molecule has 1 aliphatic carbocycles. The SMILES string of the molecule is Cc1c(C2=CC(C)CC=C2F)c2cccc3c2n1C[C@@H](N(C)C)C3. The smallest absolute Gasteiger partial charge is 0.126 e. The lowest BCUT2D eigenvalue weighted by Crippen LogP contribution is -2.37. The predicted octanol–water partition coefficient (Wildman–Crippen LogP) is 4.71. The average molecular weight is 324 g/mol. The molecule has 0 spiro atoms. The summed E-state index contributed by atoms with van der Waals surface area (Å²) in [6, 6.07) is 6.99.